The second kappa shape index (κ2) is 6.82. The number of ether oxygens (including phenoxy) is 1. The van der Waals surface area contributed by atoms with E-state index in [1.807, 2.05) is 42.6 Å². The molecule has 7 nitrogen and oxygen atoms in total. The third-order valence-electron chi connectivity index (χ3n) is 5.76. The number of carbonyl (C=O) groups is 2. The fourth-order valence-corrected chi connectivity index (χ4v) is 4.07. The molecule has 7 heteroatoms. The number of esters is 1. The Labute approximate surface area is 163 Å². The summed E-state index contributed by atoms with van der Waals surface area (Å²) in [5.74, 6) is -0.261. The van der Waals surface area contributed by atoms with Crippen molar-refractivity contribution in [1.82, 2.24) is 19.7 Å². The van der Waals surface area contributed by atoms with Crippen LogP contribution in [0.1, 0.15) is 38.6 Å². The van der Waals surface area contributed by atoms with Crippen LogP contribution in [0.5, 0.6) is 0 Å². The number of para-hydroxylation sites is 1. The van der Waals surface area contributed by atoms with Gasteiger partial charge in [-0.15, -0.1) is 0 Å². The minimum atomic E-state index is -0.361. The summed E-state index contributed by atoms with van der Waals surface area (Å²) < 4.78 is 6.71. The van der Waals surface area contributed by atoms with Crippen LogP contribution >= 0.6 is 0 Å². The smallest absolute Gasteiger partial charge is 0.339 e. The number of aromatic amines is 1. The van der Waals surface area contributed by atoms with Gasteiger partial charge in [0.15, 0.2) is 0 Å². The van der Waals surface area contributed by atoms with Gasteiger partial charge in [0, 0.05) is 54.5 Å². The van der Waals surface area contributed by atoms with E-state index in [2.05, 4.69) is 10.1 Å². The van der Waals surface area contributed by atoms with Gasteiger partial charge in [-0.1, -0.05) is 12.1 Å². The van der Waals surface area contributed by atoms with E-state index in [9.17, 15) is 9.59 Å². The lowest BCUT2D eigenvalue weighted by molar-refractivity contribution is -0.131. The van der Waals surface area contributed by atoms with E-state index >= 15 is 0 Å². The maximum Gasteiger partial charge on any atom is 0.339 e. The van der Waals surface area contributed by atoms with Crippen molar-refractivity contribution < 1.29 is 14.3 Å². The summed E-state index contributed by atoms with van der Waals surface area (Å²) in [5, 5.41) is 5.38. The van der Waals surface area contributed by atoms with Crippen LogP contribution in [0.4, 0.5) is 0 Å². The summed E-state index contributed by atoms with van der Waals surface area (Å²) in [6.07, 6.45) is 1.10. The number of nitrogens with zero attached hydrogens (tertiary/aromatic N) is 3. The topological polar surface area (TPSA) is 80.2 Å². The monoisotopic (exact) mass is 380 g/mol. The Morgan fingerprint density at radius 1 is 1.29 bits per heavy atom. The molecule has 3 heterocycles. The Balaban J connectivity index is 1.62. The highest BCUT2D eigenvalue weighted by atomic mass is 16.5. The van der Waals surface area contributed by atoms with Gasteiger partial charge in [0.05, 0.1) is 30.3 Å². The molecule has 0 fully saturated rings. The van der Waals surface area contributed by atoms with E-state index in [1.165, 1.54) is 7.11 Å². The van der Waals surface area contributed by atoms with E-state index in [4.69, 9.17) is 4.74 Å². The minimum absolute atomic E-state index is 0.100. The summed E-state index contributed by atoms with van der Waals surface area (Å²) in [4.78, 5) is 30.3. The molecular weight excluding hydrogens is 356 g/mol. The number of methoxy groups -OCH3 is 1. The summed E-state index contributed by atoms with van der Waals surface area (Å²) in [5.41, 5.74) is 6.41. The molecule has 0 atom stereocenters. The number of carbonyl (C=O) groups excluding carboxylic acids is 2. The average Bonchev–Trinajstić information content (AvgIpc) is 3.18. The van der Waals surface area contributed by atoms with Gasteiger partial charge in [-0.25, -0.2) is 4.79 Å². The molecule has 2 aromatic heterocycles. The molecular formula is C21H24N4O3. The van der Waals surface area contributed by atoms with Crippen molar-refractivity contribution >= 4 is 22.8 Å². The molecule has 28 heavy (non-hydrogen) atoms. The van der Waals surface area contributed by atoms with Gasteiger partial charge in [-0.3, -0.25) is 9.48 Å². The lowest BCUT2D eigenvalue weighted by atomic mass is 10.0. The van der Waals surface area contributed by atoms with Gasteiger partial charge in [0.2, 0.25) is 5.91 Å². The van der Waals surface area contributed by atoms with Gasteiger partial charge in [0.1, 0.15) is 0 Å². The average molecular weight is 380 g/mol. The van der Waals surface area contributed by atoms with Crippen LogP contribution in [0, 0.1) is 13.8 Å². The number of hydrogen-bond acceptors (Lipinski definition) is 4. The zero-order valence-electron chi connectivity index (χ0n) is 16.6. The van der Waals surface area contributed by atoms with Crippen LogP contribution in [0.2, 0.25) is 0 Å². The maximum absolute atomic E-state index is 13.0. The molecule has 4 rings (SSSR count). The first kappa shape index (κ1) is 18.3. The van der Waals surface area contributed by atoms with E-state index in [0.29, 0.717) is 25.1 Å². The van der Waals surface area contributed by atoms with Gasteiger partial charge in [0.25, 0.3) is 0 Å². The zero-order valence-corrected chi connectivity index (χ0v) is 16.6. The van der Waals surface area contributed by atoms with Crippen LogP contribution < -0.4 is 0 Å². The van der Waals surface area contributed by atoms with Crippen LogP contribution in [0.3, 0.4) is 0 Å². The van der Waals surface area contributed by atoms with Gasteiger partial charge in [-0.05, 0) is 19.9 Å². The molecule has 0 spiro atoms. The molecule has 3 aromatic rings. The van der Waals surface area contributed by atoms with Crippen LogP contribution in [-0.2, 0) is 36.0 Å². The fraction of sp³-hybridized carbons (Fsp3) is 0.381. The largest absolute Gasteiger partial charge is 0.465 e. The first-order valence-corrected chi connectivity index (χ1v) is 9.38. The number of rotatable bonds is 3. The van der Waals surface area contributed by atoms with Crippen molar-refractivity contribution in [2.45, 2.75) is 33.2 Å². The minimum Gasteiger partial charge on any atom is -0.465 e. The highest BCUT2D eigenvalue weighted by molar-refractivity contribution is 6.04. The number of H-pyrrole nitrogens is 1. The molecule has 1 N–H and O–H groups in total. The third-order valence-corrected chi connectivity index (χ3v) is 5.76. The van der Waals surface area contributed by atoms with Crippen molar-refractivity contribution in [2.75, 3.05) is 13.7 Å². The molecule has 0 saturated carbocycles. The first-order chi connectivity index (χ1) is 13.4. The van der Waals surface area contributed by atoms with Crippen molar-refractivity contribution in [3.63, 3.8) is 0 Å². The lowest BCUT2D eigenvalue weighted by Crippen LogP contribution is -2.36. The summed E-state index contributed by atoms with van der Waals surface area (Å²) >= 11 is 0. The van der Waals surface area contributed by atoms with E-state index in [0.717, 1.165) is 45.5 Å². The van der Waals surface area contributed by atoms with Crippen molar-refractivity contribution in [3.05, 3.63) is 52.0 Å². The molecule has 0 bridgehead atoms. The van der Waals surface area contributed by atoms with Gasteiger partial charge >= 0.3 is 5.97 Å². The van der Waals surface area contributed by atoms with Crippen LogP contribution in [0.25, 0.3) is 10.9 Å². The molecule has 0 unspecified atom stereocenters. The molecule has 0 radical (unpaired) electrons. The van der Waals surface area contributed by atoms with Crippen molar-refractivity contribution in [3.8, 4) is 0 Å². The molecule has 1 aliphatic heterocycles. The number of nitrogens with one attached hydrogen (secondary N) is 1. The predicted octanol–water partition coefficient (Wildman–Crippen LogP) is 2.43. The van der Waals surface area contributed by atoms with Gasteiger partial charge in [-0.2, -0.15) is 5.10 Å². The van der Waals surface area contributed by atoms with Crippen molar-refractivity contribution in [1.29, 1.82) is 0 Å². The standard InChI is InChI=1S/C21H24N4O3/c1-12-16(13(2)24(3)23-12)10-19(26)25-9-8-18-17(11-25)14-6-5-7-15(20(14)22-18)21(27)28-4/h5-7,22H,8-11H2,1-4H3. The van der Waals surface area contributed by atoms with Crippen molar-refractivity contribution in [2.24, 2.45) is 7.05 Å². The molecule has 146 valence electrons. The predicted molar refractivity (Wildman–Crippen MR) is 105 cm³/mol. The maximum atomic E-state index is 13.0. The molecule has 0 aliphatic carbocycles. The number of amides is 1. The first-order valence-electron chi connectivity index (χ1n) is 9.38. The highest BCUT2D eigenvalue weighted by Crippen LogP contribution is 2.30. The number of aromatic nitrogens is 3. The number of hydrogen-bond donors (Lipinski definition) is 1. The second-order valence-electron chi connectivity index (χ2n) is 7.32. The van der Waals surface area contributed by atoms with E-state index in [-0.39, 0.29) is 11.9 Å². The number of benzene rings is 1. The van der Waals surface area contributed by atoms with E-state index in [1.54, 1.807) is 6.07 Å². The Kier molecular flexibility index (Phi) is 4.45. The quantitative estimate of drug-likeness (QED) is 0.708. The Hall–Kier alpha value is -3.09. The Morgan fingerprint density at radius 3 is 2.75 bits per heavy atom. The van der Waals surface area contributed by atoms with Crippen LogP contribution in [-0.4, -0.2) is 45.2 Å². The Bertz CT molecular complexity index is 1090. The second-order valence-corrected chi connectivity index (χ2v) is 7.32. The third kappa shape index (κ3) is 2.87. The molecule has 0 saturated heterocycles. The lowest BCUT2D eigenvalue weighted by Gasteiger charge is -2.27. The Morgan fingerprint density at radius 2 is 2.07 bits per heavy atom. The SMILES string of the molecule is COC(=O)c1cccc2c3c([nH]c12)CCN(C(=O)Cc1c(C)nn(C)c1C)C3. The van der Waals surface area contributed by atoms with E-state index < -0.39 is 0 Å². The molecule has 1 aliphatic rings. The highest BCUT2D eigenvalue weighted by Gasteiger charge is 2.26. The van der Waals surface area contributed by atoms with Gasteiger partial charge < -0.3 is 14.6 Å². The summed E-state index contributed by atoms with van der Waals surface area (Å²) in [6.45, 7) is 5.13. The molecule has 1 amide bonds. The molecule has 1 aromatic carbocycles. The fourth-order valence-electron chi connectivity index (χ4n) is 4.07. The zero-order chi connectivity index (χ0) is 20.0. The summed E-state index contributed by atoms with van der Waals surface area (Å²) in [6, 6.07) is 5.60. The van der Waals surface area contributed by atoms with Crippen LogP contribution in [0.15, 0.2) is 18.2 Å². The number of aryl methyl sites for hydroxylation is 2. The normalized spacial score (nSPS) is 13.6. The number of fused-ring (bicyclic) bond motifs is 3. The summed E-state index contributed by atoms with van der Waals surface area (Å²) in [7, 11) is 3.28.